The van der Waals surface area contributed by atoms with Crippen LogP contribution in [-0.2, 0) is 4.79 Å². The first-order valence-electron chi connectivity index (χ1n) is 9.16. The number of anilines is 1. The van der Waals surface area contributed by atoms with Crippen molar-refractivity contribution in [2.24, 2.45) is 0 Å². The number of amides is 1. The number of hydrogen-bond donors (Lipinski definition) is 1. The highest BCUT2D eigenvalue weighted by Crippen LogP contribution is 2.25. The predicted molar refractivity (Wildman–Crippen MR) is 96.3 cm³/mol. The molecule has 1 N–H and O–H groups in total. The molecule has 0 bridgehead atoms. The van der Waals surface area contributed by atoms with Gasteiger partial charge in [-0.25, -0.2) is 9.97 Å². The Morgan fingerprint density at radius 2 is 2.16 bits per heavy atom. The Bertz CT molecular complexity index is 576. The zero-order valence-corrected chi connectivity index (χ0v) is 15.3. The Balaban J connectivity index is 1.51. The van der Waals surface area contributed by atoms with Crippen molar-refractivity contribution in [3.63, 3.8) is 0 Å². The van der Waals surface area contributed by atoms with Crippen molar-refractivity contribution in [3.05, 3.63) is 18.6 Å². The van der Waals surface area contributed by atoms with Gasteiger partial charge in [-0.2, -0.15) is 0 Å². The molecule has 0 aromatic carbocycles. The quantitative estimate of drug-likeness (QED) is 0.867. The summed E-state index contributed by atoms with van der Waals surface area (Å²) in [6.07, 6.45) is 7.11. The van der Waals surface area contributed by atoms with E-state index in [1.807, 2.05) is 6.07 Å². The summed E-state index contributed by atoms with van der Waals surface area (Å²) in [7, 11) is 2.09. The smallest absolute Gasteiger partial charge is 0.219 e. The van der Waals surface area contributed by atoms with Crippen LogP contribution in [0.2, 0.25) is 0 Å². The van der Waals surface area contributed by atoms with Gasteiger partial charge in [-0.1, -0.05) is 0 Å². The van der Waals surface area contributed by atoms with Crippen LogP contribution in [0.1, 0.15) is 32.6 Å². The number of carbonyl (C=O) groups is 1. The standard InChI is InChI=1S/C18H29N5O2/c1-15(24)23-9-3-7-18(25,13-23)12-22-10-5-16(6-11-22)21(2)17-4-8-19-14-20-17/h4,8,14,16,25H,3,5-7,9-13H2,1-2H3. The van der Waals surface area contributed by atoms with E-state index in [9.17, 15) is 9.90 Å². The fourth-order valence-electron chi connectivity index (χ4n) is 4.07. The Morgan fingerprint density at radius 3 is 2.80 bits per heavy atom. The molecule has 0 spiro atoms. The maximum Gasteiger partial charge on any atom is 0.219 e. The summed E-state index contributed by atoms with van der Waals surface area (Å²) in [6, 6.07) is 2.40. The lowest BCUT2D eigenvalue weighted by Crippen LogP contribution is -2.57. The lowest BCUT2D eigenvalue weighted by molar-refractivity contribution is -0.137. The van der Waals surface area contributed by atoms with Gasteiger partial charge in [-0.3, -0.25) is 4.79 Å². The van der Waals surface area contributed by atoms with Crippen molar-refractivity contribution in [1.29, 1.82) is 0 Å². The number of nitrogens with zero attached hydrogens (tertiary/aromatic N) is 5. The van der Waals surface area contributed by atoms with Crippen LogP contribution < -0.4 is 4.90 Å². The monoisotopic (exact) mass is 347 g/mol. The second kappa shape index (κ2) is 7.66. The lowest BCUT2D eigenvalue weighted by Gasteiger charge is -2.44. The molecule has 0 saturated carbocycles. The first-order chi connectivity index (χ1) is 12.0. The maximum atomic E-state index is 11.6. The first-order valence-corrected chi connectivity index (χ1v) is 9.16. The topological polar surface area (TPSA) is 72.8 Å². The van der Waals surface area contributed by atoms with E-state index < -0.39 is 5.60 Å². The van der Waals surface area contributed by atoms with E-state index in [4.69, 9.17) is 0 Å². The summed E-state index contributed by atoms with van der Waals surface area (Å²) in [5, 5.41) is 10.9. The average molecular weight is 347 g/mol. The van der Waals surface area contributed by atoms with E-state index in [1.165, 1.54) is 0 Å². The molecule has 2 aliphatic rings. The van der Waals surface area contributed by atoms with Gasteiger partial charge in [0.05, 0.1) is 12.1 Å². The highest BCUT2D eigenvalue weighted by molar-refractivity contribution is 5.73. The molecule has 2 fully saturated rings. The molecular formula is C18H29N5O2. The number of likely N-dealkylation sites (tertiary alicyclic amines) is 2. The van der Waals surface area contributed by atoms with Crippen LogP contribution in [0.15, 0.2) is 18.6 Å². The molecule has 25 heavy (non-hydrogen) atoms. The average Bonchev–Trinajstić information content (AvgIpc) is 2.62. The number of hydrogen-bond acceptors (Lipinski definition) is 6. The van der Waals surface area contributed by atoms with Crippen LogP contribution in [-0.4, -0.2) is 82.2 Å². The van der Waals surface area contributed by atoms with Crippen LogP contribution in [0.3, 0.4) is 0 Å². The van der Waals surface area contributed by atoms with E-state index in [-0.39, 0.29) is 5.91 Å². The van der Waals surface area contributed by atoms with Gasteiger partial charge in [0, 0.05) is 52.4 Å². The number of aliphatic hydroxyl groups is 1. The Hall–Kier alpha value is -1.73. The van der Waals surface area contributed by atoms with Crippen LogP contribution in [0.4, 0.5) is 5.82 Å². The van der Waals surface area contributed by atoms with Gasteiger partial charge in [0.2, 0.25) is 5.91 Å². The normalized spacial score (nSPS) is 25.8. The minimum absolute atomic E-state index is 0.0586. The first kappa shape index (κ1) is 18.1. The fraction of sp³-hybridized carbons (Fsp3) is 0.722. The minimum Gasteiger partial charge on any atom is -0.387 e. The van der Waals surface area contributed by atoms with Gasteiger partial charge in [0.25, 0.3) is 0 Å². The molecule has 1 amide bonds. The zero-order valence-electron chi connectivity index (χ0n) is 15.3. The largest absolute Gasteiger partial charge is 0.387 e. The van der Waals surface area contributed by atoms with Gasteiger partial charge in [-0.05, 0) is 31.7 Å². The summed E-state index contributed by atoms with van der Waals surface area (Å²) >= 11 is 0. The Labute approximate surface area is 149 Å². The molecule has 3 heterocycles. The fourth-order valence-corrected chi connectivity index (χ4v) is 4.07. The number of carbonyl (C=O) groups excluding carboxylic acids is 1. The third-order valence-corrected chi connectivity index (χ3v) is 5.55. The zero-order chi connectivity index (χ0) is 17.9. The highest BCUT2D eigenvalue weighted by Gasteiger charge is 2.37. The molecule has 1 atom stereocenters. The van der Waals surface area contributed by atoms with Gasteiger partial charge < -0.3 is 19.8 Å². The molecule has 138 valence electrons. The van der Waals surface area contributed by atoms with E-state index in [0.29, 0.717) is 19.1 Å². The number of β-amino-alcohol motifs (C(OH)–C–C–N with tert-alkyl or cyclic N) is 1. The lowest BCUT2D eigenvalue weighted by atomic mass is 9.91. The molecule has 1 aromatic rings. The third kappa shape index (κ3) is 4.46. The van der Waals surface area contributed by atoms with E-state index in [0.717, 1.165) is 51.1 Å². The predicted octanol–water partition coefficient (Wildman–Crippen LogP) is 0.751. The van der Waals surface area contributed by atoms with Crippen molar-refractivity contribution in [2.45, 2.75) is 44.2 Å². The SMILES string of the molecule is CC(=O)N1CCCC(O)(CN2CCC(N(C)c3ccncn3)CC2)C1. The van der Waals surface area contributed by atoms with E-state index in [1.54, 1.807) is 24.3 Å². The van der Waals surface area contributed by atoms with E-state index >= 15 is 0 Å². The van der Waals surface area contributed by atoms with Crippen LogP contribution in [0.5, 0.6) is 0 Å². The summed E-state index contributed by atoms with van der Waals surface area (Å²) in [6.45, 7) is 5.39. The molecule has 2 saturated heterocycles. The van der Waals surface area contributed by atoms with Gasteiger partial charge >= 0.3 is 0 Å². The molecule has 1 unspecified atom stereocenters. The maximum absolute atomic E-state index is 11.6. The molecule has 1 aromatic heterocycles. The van der Waals surface area contributed by atoms with Crippen LogP contribution in [0.25, 0.3) is 0 Å². The Morgan fingerprint density at radius 1 is 1.40 bits per heavy atom. The third-order valence-electron chi connectivity index (χ3n) is 5.55. The second-order valence-electron chi connectivity index (χ2n) is 7.45. The molecule has 7 nitrogen and oxygen atoms in total. The summed E-state index contributed by atoms with van der Waals surface area (Å²) in [5.41, 5.74) is -0.769. The van der Waals surface area contributed by atoms with Crippen molar-refractivity contribution in [3.8, 4) is 0 Å². The van der Waals surface area contributed by atoms with Crippen molar-refractivity contribution < 1.29 is 9.90 Å². The van der Waals surface area contributed by atoms with Crippen molar-refractivity contribution in [2.75, 3.05) is 44.7 Å². The van der Waals surface area contributed by atoms with Crippen LogP contribution >= 0.6 is 0 Å². The number of rotatable bonds is 4. The summed E-state index contributed by atoms with van der Waals surface area (Å²) in [4.78, 5) is 26.3. The van der Waals surface area contributed by atoms with Gasteiger partial charge in [-0.15, -0.1) is 0 Å². The number of piperidine rings is 2. The summed E-state index contributed by atoms with van der Waals surface area (Å²) < 4.78 is 0. The molecule has 3 rings (SSSR count). The molecule has 0 radical (unpaired) electrons. The highest BCUT2D eigenvalue weighted by atomic mass is 16.3. The van der Waals surface area contributed by atoms with Gasteiger partial charge in [0.15, 0.2) is 0 Å². The molecule has 0 aliphatic carbocycles. The van der Waals surface area contributed by atoms with E-state index in [2.05, 4.69) is 26.8 Å². The Kier molecular flexibility index (Phi) is 5.54. The van der Waals surface area contributed by atoms with Crippen LogP contribution in [0, 0.1) is 0 Å². The molecule has 2 aliphatic heterocycles. The molecule has 7 heteroatoms. The minimum atomic E-state index is -0.769. The van der Waals surface area contributed by atoms with Gasteiger partial charge in [0.1, 0.15) is 12.1 Å². The van der Waals surface area contributed by atoms with Crippen molar-refractivity contribution in [1.82, 2.24) is 19.8 Å². The number of aromatic nitrogens is 2. The summed E-state index contributed by atoms with van der Waals surface area (Å²) in [5.74, 6) is 1.01. The van der Waals surface area contributed by atoms with Crippen molar-refractivity contribution >= 4 is 11.7 Å². The second-order valence-corrected chi connectivity index (χ2v) is 7.45. The molecular weight excluding hydrogens is 318 g/mol.